The van der Waals surface area contributed by atoms with Crippen LogP contribution in [0.25, 0.3) is 5.69 Å². The number of aromatic nitrogens is 2. The minimum atomic E-state index is -3.69. The van der Waals surface area contributed by atoms with Crippen molar-refractivity contribution in [2.24, 2.45) is 0 Å². The quantitative estimate of drug-likeness (QED) is 0.612. The Bertz CT molecular complexity index is 1200. The molecule has 0 radical (unpaired) electrons. The minimum Gasteiger partial charge on any atom is -0.378 e. The van der Waals surface area contributed by atoms with Crippen molar-refractivity contribution in [1.29, 1.82) is 0 Å². The highest BCUT2D eigenvalue weighted by Gasteiger charge is 2.24. The Kier molecular flexibility index (Phi) is 6.26. The lowest BCUT2D eigenvalue weighted by Gasteiger charge is -2.30. The Morgan fingerprint density at radius 2 is 1.78 bits per heavy atom. The zero-order valence-corrected chi connectivity index (χ0v) is 18.7. The van der Waals surface area contributed by atoms with E-state index in [-0.39, 0.29) is 10.5 Å². The summed E-state index contributed by atoms with van der Waals surface area (Å²) in [6, 6.07) is 15.9. The number of hydrogen-bond donors (Lipinski definition) is 1. The number of nitrogens with one attached hydrogen (secondary N) is 1. The third-order valence-electron chi connectivity index (χ3n) is 5.19. The maximum atomic E-state index is 13.2. The van der Waals surface area contributed by atoms with Crippen LogP contribution in [-0.4, -0.2) is 68.8 Å². The second kappa shape index (κ2) is 9.11. The van der Waals surface area contributed by atoms with Gasteiger partial charge in [-0.2, -0.15) is 5.10 Å². The fourth-order valence-electron chi connectivity index (χ4n) is 3.45. The van der Waals surface area contributed by atoms with Gasteiger partial charge in [-0.05, 0) is 30.3 Å². The van der Waals surface area contributed by atoms with Crippen LogP contribution >= 0.6 is 0 Å². The van der Waals surface area contributed by atoms with E-state index in [0.717, 1.165) is 9.99 Å². The number of sulfonamides is 1. The molecular weight excluding hydrogens is 430 g/mol. The number of nitrogens with zero attached hydrogens (tertiary/aromatic N) is 4. The van der Waals surface area contributed by atoms with Crippen LogP contribution in [0.4, 0.5) is 11.5 Å². The lowest BCUT2D eigenvalue weighted by Crippen LogP contribution is -2.37. The molecule has 1 aromatic heterocycles. The standard InChI is InChI=1S/C22H25N5O4S/c1-25(2)32(29,30)18-8-9-20(26-12-14-31-15-13-26)19(16-18)22(28)23-21-10-11-27(24-21)17-6-4-3-5-7-17/h3-11,16H,12-15H2,1-2H3,(H,23,24,28). The fraction of sp³-hybridized carbons (Fsp3) is 0.273. The van der Waals surface area contributed by atoms with Gasteiger partial charge in [-0.15, -0.1) is 0 Å². The van der Waals surface area contributed by atoms with E-state index < -0.39 is 15.9 Å². The number of para-hydroxylation sites is 1. The monoisotopic (exact) mass is 455 g/mol. The number of carbonyl (C=O) groups excluding carboxylic acids is 1. The maximum Gasteiger partial charge on any atom is 0.259 e. The molecule has 1 amide bonds. The van der Waals surface area contributed by atoms with Gasteiger partial charge < -0.3 is 15.0 Å². The van der Waals surface area contributed by atoms with Crippen LogP contribution in [0.1, 0.15) is 10.4 Å². The van der Waals surface area contributed by atoms with Crippen molar-refractivity contribution in [2.75, 3.05) is 50.6 Å². The van der Waals surface area contributed by atoms with E-state index in [9.17, 15) is 13.2 Å². The van der Waals surface area contributed by atoms with Gasteiger partial charge in [-0.1, -0.05) is 18.2 Å². The highest BCUT2D eigenvalue weighted by Crippen LogP contribution is 2.27. The van der Waals surface area contributed by atoms with Gasteiger partial charge in [0.15, 0.2) is 5.82 Å². The molecule has 0 saturated carbocycles. The van der Waals surface area contributed by atoms with Gasteiger partial charge >= 0.3 is 0 Å². The molecule has 1 N–H and O–H groups in total. The molecule has 1 fully saturated rings. The zero-order chi connectivity index (χ0) is 22.7. The third kappa shape index (κ3) is 4.52. The Labute approximate surface area is 187 Å². The predicted octanol–water partition coefficient (Wildman–Crippen LogP) is 2.21. The van der Waals surface area contributed by atoms with Gasteiger partial charge in [0.05, 0.1) is 29.4 Å². The smallest absolute Gasteiger partial charge is 0.259 e. The van der Waals surface area contributed by atoms with Crippen LogP contribution in [-0.2, 0) is 14.8 Å². The molecule has 2 aromatic carbocycles. The van der Waals surface area contributed by atoms with E-state index in [1.54, 1.807) is 23.0 Å². The van der Waals surface area contributed by atoms with Crippen LogP contribution in [0.3, 0.4) is 0 Å². The van der Waals surface area contributed by atoms with Crippen LogP contribution < -0.4 is 10.2 Å². The molecule has 0 unspecified atom stereocenters. The van der Waals surface area contributed by atoms with Crippen molar-refractivity contribution in [3.63, 3.8) is 0 Å². The van der Waals surface area contributed by atoms with Gasteiger partial charge in [-0.25, -0.2) is 17.4 Å². The highest BCUT2D eigenvalue weighted by atomic mass is 32.2. The molecule has 0 atom stereocenters. The molecule has 3 aromatic rings. The van der Waals surface area contributed by atoms with Gasteiger partial charge in [-0.3, -0.25) is 4.79 Å². The lowest BCUT2D eigenvalue weighted by atomic mass is 10.1. The number of hydrogen-bond acceptors (Lipinski definition) is 6. The second-order valence-corrected chi connectivity index (χ2v) is 9.65. The van der Waals surface area contributed by atoms with E-state index >= 15 is 0 Å². The molecule has 32 heavy (non-hydrogen) atoms. The molecule has 1 saturated heterocycles. The SMILES string of the molecule is CN(C)S(=O)(=O)c1ccc(N2CCOCC2)c(C(=O)Nc2ccn(-c3ccccc3)n2)c1. The Balaban J connectivity index is 1.66. The second-order valence-electron chi connectivity index (χ2n) is 7.50. The van der Waals surface area contributed by atoms with Crippen LogP contribution in [0, 0.1) is 0 Å². The molecular formula is C22H25N5O4S. The topological polar surface area (TPSA) is 96.8 Å². The first-order valence-corrected chi connectivity index (χ1v) is 11.6. The molecule has 168 valence electrons. The summed E-state index contributed by atoms with van der Waals surface area (Å²) in [6.45, 7) is 2.31. The average Bonchev–Trinajstić information content (AvgIpc) is 3.28. The number of morpholine rings is 1. The first-order chi connectivity index (χ1) is 15.4. The summed E-state index contributed by atoms with van der Waals surface area (Å²) in [5.41, 5.74) is 1.79. The van der Waals surface area contributed by atoms with E-state index in [4.69, 9.17) is 4.74 Å². The molecule has 4 rings (SSSR count). The summed E-state index contributed by atoms with van der Waals surface area (Å²) < 4.78 is 33.5. The molecule has 9 nitrogen and oxygen atoms in total. The van der Waals surface area contributed by atoms with Crippen LogP contribution in [0.5, 0.6) is 0 Å². The van der Waals surface area contributed by atoms with Crippen molar-refractivity contribution >= 4 is 27.4 Å². The van der Waals surface area contributed by atoms with Crippen molar-refractivity contribution < 1.29 is 17.9 Å². The largest absolute Gasteiger partial charge is 0.378 e. The molecule has 0 aliphatic carbocycles. The fourth-order valence-corrected chi connectivity index (χ4v) is 4.38. The van der Waals surface area contributed by atoms with E-state index in [2.05, 4.69) is 10.4 Å². The molecule has 1 aliphatic heterocycles. The van der Waals surface area contributed by atoms with Crippen LogP contribution in [0.2, 0.25) is 0 Å². The summed E-state index contributed by atoms with van der Waals surface area (Å²) in [6.07, 6.45) is 1.75. The van der Waals surface area contributed by atoms with E-state index in [0.29, 0.717) is 37.8 Å². The lowest BCUT2D eigenvalue weighted by molar-refractivity contribution is 0.102. The zero-order valence-electron chi connectivity index (χ0n) is 17.9. The number of carbonyl (C=O) groups is 1. The predicted molar refractivity (Wildman–Crippen MR) is 122 cm³/mol. The molecule has 0 spiro atoms. The van der Waals surface area contributed by atoms with Crippen molar-refractivity contribution in [2.45, 2.75) is 4.90 Å². The minimum absolute atomic E-state index is 0.0551. The van der Waals surface area contributed by atoms with Gasteiger partial charge in [0, 0.05) is 45.1 Å². The third-order valence-corrected chi connectivity index (χ3v) is 7.01. The first-order valence-electron chi connectivity index (χ1n) is 10.2. The normalized spacial score (nSPS) is 14.5. The van der Waals surface area contributed by atoms with Gasteiger partial charge in [0.1, 0.15) is 0 Å². The molecule has 0 bridgehead atoms. The molecule has 10 heteroatoms. The summed E-state index contributed by atoms with van der Waals surface area (Å²) in [4.78, 5) is 15.3. The van der Waals surface area contributed by atoms with Crippen molar-refractivity contribution in [3.05, 3.63) is 66.4 Å². The van der Waals surface area contributed by atoms with Gasteiger partial charge in [0.2, 0.25) is 10.0 Å². The Morgan fingerprint density at radius 1 is 1.06 bits per heavy atom. The average molecular weight is 456 g/mol. The molecule has 2 heterocycles. The number of ether oxygens (including phenoxy) is 1. The Morgan fingerprint density at radius 3 is 2.47 bits per heavy atom. The van der Waals surface area contributed by atoms with Crippen molar-refractivity contribution in [1.82, 2.24) is 14.1 Å². The summed E-state index contributed by atoms with van der Waals surface area (Å²) >= 11 is 0. The van der Waals surface area contributed by atoms with Gasteiger partial charge in [0.25, 0.3) is 5.91 Å². The van der Waals surface area contributed by atoms with E-state index in [1.165, 1.54) is 26.2 Å². The number of benzene rings is 2. The number of anilines is 2. The molecule has 1 aliphatic rings. The number of rotatable bonds is 6. The first kappa shape index (κ1) is 22.0. The summed E-state index contributed by atoms with van der Waals surface area (Å²) in [5, 5.41) is 7.21. The maximum absolute atomic E-state index is 13.2. The summed E-state index contributed by atoms with van der Waals surface area (Å²) in [5.74, 6) is -0.0618. The van der Waals surface area contributed by atoms with Crippen LogP contribution in [0.15, 0.2) is 65.7 Å². The summed E-state index contributed by atoms with van der Waals surface area (Å²) in [7, 11) is -0.776. The Hall–Kier alpha value is -3.21. The van der Waals surface area contributed by atoms with Crippen molar-refractivity contribution in [3.8, 4) is 5.69 Å². The highest BCUT2D eigenvalue weighted by molar-refractivity contribution is 7.89. The van der Waals surface area contributed by atoms with E-state index in [1.807, 2.05) is 35.2 Å². The number of amides is 1.